The number of nitrogens with one attached hydrogen (secondary N) is 1. The minimum atomic E-state index is -1.01. The Hall–Kier alpha value is -2.70. The Morgan fingerprint density at radius 3 is 2.68 bits per heavy atom. The average Bonchev–Trinajstić information content (AvgIpc) is 2.55. The lowest BCUT2D eigenvalue weighted by Crippen LogP contribution is -2.48. The standard InChI is InChI=1S/C15H15N3O4/c19-13-10-6-2-1-5-9(10)12(16-17-13)14(20)18-8-4-3-7-11(18)15(21)22/h1-2,5-6,11H,3-4,7-8H2,(H,17,19)(H,21,22)/t11-/m1/s1. The highest BCUT2D eigenvalue weighted by atomic mass is 16.4. The highest BCUT2D eigenvalue weighted by Gasteiger charge is 2.33. The zero-order valence-corrected chi connectivity index (χ0v) is 11.8. The second-order valence-electron chi connectivity index (χ2n) is 5.30. The van der Waals surface area contributed by atoms with Gasteiger partial charge in [0, 0.05) is 11.9 Å². The number of aromatic nitrogens is 2. The van der Waals surface area contributed by atoms with Crippen LogP contribution in [0.1, 0.15) is 29.8 Å². The van der Waals surface area contributed by atoms with Crippen molar-refractivity contribution in [3.05, 3.63) is 40.3 Å². The van der Waals surface area contributed by atoms with Gasteiger partial charge < -0.3 is 10.0 Å². The van der Waals surface area contributed by atoms with E-state index < -0.39 is 17.9 Å². The maximum Gasteiger partial charge on any atom is 0.326 e. The molecular formula is C15H15N3O4. The number of nitrogens with zero attached hydrogens (tertiary/aromatic N) is 2. The van der Waals surface area contributed by atoms with E-state index >= 15 is 0 Å². The molecule has 2 heterocycles. The highest BCUT2D eigenvalue weighted by Crippen LogP contribution is 2.21. The summed E-state index contributed by atoms with van der Waals surface area (Å²) in [5, 5.41) is 16.3. The smallest absolute Gasteiger partial charge is 0.326 e. The van der Waals surface area contributed by atoms with Gasteiger partial charge in [0.1, 0.15) is 6.04 Å². The molecule has 0 radical (unpaired) electrons. The van der Waals surface area contributed by atoms with Crippen molar-refractivity contribution in [3.8, 4) is 0 Å². The average molecular weight is 301 g/mol. The predicted octanol–water partition coefficient (Wildman–Crippen LogP) is 1.00. The molecule has 1 aromatic carbocycles. The van der Waals surface area contributed by atoms with E-state index in [2.05, 4.69) is 10.2 Å². The van der Waals surface area contributed by atoms with Crippen LogP contribution in [0.15, 0.2) is 29.1 Å². The number of carbonyl (C=O) groups excluding carboxylic acids is 1. The Morgan fingerprint density at radius 2 is 1.95 bits per heavy atom. The van der Waals surface area contributed by atoms with Gasteiger partial charge in [-0.2, -0.15) is 5.10 Å². The van der Waals surface area contributed by atoms with Gasteiger partial charge in [-0.05, 0) is 25.3 Å². The molecule has 7 nitrogen and oxygen atoms in total. The molecule has 22 heavy (non-hydrogen) atoms. The van der Waals surface area contributed by atoms with Gasteiger partial charge in [-0.3, -0.25) is 9.59 Å². The van der Waals surface area contributed by atoms with Crippen LogP contribution >= 0.6 is 0 Å². The molecule has 1 fully saturated rings. The third-order valence-corrected chi connectivity index (χ3v) is 3.95. The van der Waals surface area contributed by atoms with Crippen molar-refractivity contribution in [3.63, 3.8) is 0 Å². The zero-order valence-electron chi connectivity index (χ0n) is 11.8. The summed E-state index contributed by atoms with van der Waals surface area (Å²) in [7, 11) is 0. The van der Waals surface area contributed by atoms with Crippen LogP contribution in [0.3, 0.4) is 0 Å². The lowest BCUT2D eigenvalue weighted by atomic mass is 10.0. The van der Waals surface area contributed by atoms with Gasteiger partial charge in [-0.25, -0.2) is 9.89 Å². The quantitative estimate of drug-likeness (QED) is 0.861. The molecule has 0 aliphatic carbocycles. The monoisotopic (exact) mass is 301 g/mol. The van der Waals surface area contributed by atoms with Gasteiger partial charge in [0.05, 0.1) is 5.39 Å². The Balaban J connectivity index is 2.07. The van der Waals surface area contributed by atoms with E-state index in [0.29, 0.717) is 23.7 Å². The van der Waals surface area contributed by atoms with Crippen LogP contribution in [-0.2, 0) is 4.79 Å². The van der Waals surface area contributed by atoms with E-state index in [0.717, 1.165) is 12.8 Å². The first kappa shape index (κ1) is 14.2. The van der Waals surface area contributed by atoms with Gasteiger partial charge in [-0.1, -0.05) is 18.2 Å². The fraction of sp³-hybridized carbons (Fsp3) is 0.333. The van der Waals surface area contributed by atoms with Crippen LogP contribution in [0.4, 0.5) is 0 Å². The molecular weight excluding hydrogens is 286 g/mol. The van der Waals surface area contributed by atoms with E-state index in [1.807, 2.05) is 0 Å². The number of benzene rings is 1. The number of carbonyl (C=O) groups is 2. The maximum absolute atomic E-state index is 12.7. The SMILES string of the molecule is O=C(O)[C@H]1CCCCN1C(=O)c1n[nH]c(=O)c2ccccc12. The number of aromatic amines is 1. The zero-order chi connectivity index (χ0) is 15.7. The van der Waals surface area contributed by atoms with Crippen molar-refractivity contribution in [1.29, 1.82) is 0 Å². The number of fused-ring (bicyclic) bond motifs is 1. The van der Waals surface area contributed by atoms with Crippen molar-refractivity contribution in [2.45, 2.75) is 25.3 Å². The molecule has 1 amide bonds. The van der Waals surface area contributed by atoms with Gasteiger partial charge >= 0.3 is 5.97 Å². The fourth-order valence-electron chi connectivity index (χ4n) is 2.85. The number of rotatable bonds is 2. The van der Waals surface area contributed by atoms with Crippen LogP contribution < -0.4 is 5.56 Å². The number of hydrogen-bond acceptors (Lipinski definition) is 4. The minimum absolute atomic E-state index is 0.0864. The lowest BCUT2D eigenvalue weighted by Gasteiger charge is -2.32. The molecule has 0 bridgehead atoms. The number of piperidine rings is 1. The number of carboxylic acid groups (broad SMARTS) is 1. The summed E-state index contributed by atoms with van der Waals surface area (Å²) in [6.45, 7) is 0.380. The second kappa shape index (κ2) is 5.59. The van der Waals surface area contributed by atoms with Gasteiger partial charge in [0.25, 0.3) is 11.5 Å². The Morgan fingerprint density at radius 1 is 1.23 bits per heavy atom. The lowest BCUT2D eigenvalue weighted by molar-refractivity contribution is -0.143. The summed E-state index contributed by atoms with van der Waals surface area (Å²) in [5.41, 5.74) is -0.288. The summed E-state index contributed by atoms with van der Waals surface area (Å²) < 4.78 is 0. The fourth-order valence-corrected chi connectivity index (χ4v) is 2.85. The van der Waals surface area contributed by atoms with Crippen molar-refractivity contribution in [2.24, 2.45) is 0 Å². The summed E-state index contributed by atoms with van der Waals surface area (Å²) in [6.07, 6.45) is 1.97. The molecule has 3 rings (SSSR count). The molecule has 0 unspecified atom stereocenters. The van der Waals surface area contributed by atoms with Crippen LogP contribution in [0, 0.1) is 0 Å². The molecule has 1 aliphatic rings. The number of H-pyrrole nitrogens is 1. The second-order valence-corrected chi connectivity index (χ2v) is 5.30. The number of amides is 1. The molecule has 114 valence electrons. The molecule has 0 spiro atoms. The third kappa shape index (κ3) is 2.34. The van der Waals surface area contributed by atoms with Crippen LogP contribution in [0.25, 0.3) is 10.8 Å². The van der Waals surface area contributed by atoms with Crippen molar-refractivity contribution in [1.82, 2.24) is 15.1 Å². The van der Waals surface area contributed by atoms with Crippen molar-refractivity contribution in [2.75, 3.05) is 6.54 Å². The van der Waals surface area contributed by atoms with E-state index in [-0.39, 0.29) is 11.3 Å². The van der Waals surface area contributed by atoms with Crippen LogP contribution in [0.2, 0.25) is 0 Å². The Labute approximate surface area is 125 Å². The largest absolute Gasteiger partial charge is 0.480 e. The van der Waals surface area contributed by atoms with E-state index in [1.165, 1.54) is 4.90 Å². The van der Waals surface area contributed by atoms with Gasteiger partial charge in [0.2, 0.25) is 0 Å². The molecule has 1 atom stereocenters. The molecule has 1 saturated heterocycles. The molecule has 2 aromatic rings. The maximum atomic E-state index is 12.7. The molecule has 0 saturated carbocycles. The van der Waals surface area contributed by atoms with Crippen LogP contribution in [0.5, 0.6) is 0 Å². The highest BCUT2D eigenvalue weighted by molar-refractivity contribution is 6.05. The number of carboxylic acids is 1. The predicted molar refractivity (Wildman–Crippen MR) is 78.7 cm³/mol. The number of aliphatic carboxylic acids is 1. The van der Waals surface area contributed by atoms with Crippen LogP contribution in [-0.4, -0.2) is 44.7 Å². The number of hydrogen-bond donors (Lipinski definition) is 2. The van der Waals surface area contributed by atoms with E-state index in [1.54, 1.807) is 24.3 Å². The normalized spacial score (nSPS) is 18.4. The first-order valence-corrected chi connectivity index (χ1v) is 7.11. The molecule has 2 N–H and O–H groups in total. The number of likely N-dealkylation sites (tertiary alicyclic amines) is 1. The first-order chi connectivity index (χ1) is 10.6. The first-order valence-electron chi connectivity index (χ1n) is 7.11. The van der Waals surface area contributed by atoms with Gasteiger partial charge in [0.15, 0.2) is 5.69 Å². The van der Waals surface area contributed by atoms with Gasteiger partial charge in [-0.15, -0.1) is 0 Å². The molecule has 7 heteroatoms. The summed E-state index contributed by atoms with van der Waals surface area (Å²) >= 11 is 0. The molecule has 1 aromatic heterocycles. The topological polar surface area (TPSA) is 103 Å². The molecule has 1 aliphatic heterocycles. The summed E-state index contributed by atoms with van der Waals surface area (Å²) in [4.78, 5) is 37.2. The minimum Gasteiger partial charge on any atom is -0.480 e. The summed E-state index contributed by atoms with van der Waals surface area (Å²) in [6, 6.07) is 5.83. The third-order valence-electron chi connectivity index (χ3n) is 3.95. The summed E-state index contributed by atoms with van der Waals surface area (Å²) in [5.74, 6) is -1.47. The van der Waals surface area contributed by atoms with E-state index in [4.69, 9.17) is 0 Å². The Bertz CT molecular complexity index is 799. The van der Waals surface area contributed by atoms with E-state index in [9.17, 15) is 19.5 Å². The van der Waals surface area contributed by atoms with Crippen molar-refractivity contribution < 1.29 is 14.7 Å². The van der Waals surface area contributed by atoms with Crippen molar-refractivity contribution >= 4 is 22.6 Å². The Kier molecular flexibility index (Phi) is 3.62.